The van der Waals surface area contributed by atoms with Crippen LogP contribution in [0.1, 0.15) is 28.2 Å². The molecule has 2 aromatic heterocycles. The van der Waals surface area contributed by atoms with E-state index >= 15 is 0 Å². The third kappa shape index (κ3) is 5.05. The van der Waals surface area contributed by atoms with Crippen molar-refractivity contribution in [3.8, 4) is 10.4 Å². The quantitative estimate of drug-likeness (QED) is 0.577. The van der Waals surface area contributed by atoms with Crippen LogP contribution in [0.3, 0.4) is 0 Å². The lowest BCUT2D eigenvalue weighted by molar-refractivity contribution is -0.132. The minimum atomic E-state index is -0.206. The number of piperazine rings is 1. The monoisotopic (exact) mass is 440 g/mol. The van der Waals surface area contributed by atoms with E-state index in [4.69, 9.17) is 0 Å². The lowest BCUT2D eigenvalue weighted by Crippen LogP contribution is -2.48. The van der Waals surface area contributed by atoms with Crippen LogP contribution in [0.2, 0.25) is 0 Å². The highest BCUT2D eigenvalue weighted by atomic mass is 32.1. The molecule has 0 atom stereocenters. The van der Waals surface area contributed by atoms with E-state index in [0.29, 0.717) is 6.42 Å². The van der Waals surface area contributed by atoms with Gasteiger partial charge in [-0.1, -0.05) is 12.1 Å². The van der Waals surface area contributed by atoms with Crippen LogP contribution in [-0.2, 0) is 24.8 Å². The van der Waals surface area contributed by atoms with E-state index in [9.17, 15) is 9.18 Å². The Morgan fingerprint density at radius 1 is 1.13 bits per heavy atom. The molecule has 164 valence electrons. The normalized spacial score (nSPS) is 14.9. The lowest BCUT2D eigenvalue weighted by Gasteiger charge is -2.34. The van der Waals surface area contributed by atoms with Crippen LogP contribution in [0.25, 0.3) is 10.4 Å². The summed E-state index contributed by atoms with van der Waals surface area (Å²) in [7, 11) is 1.95. The number of hydrogen-bond acceptors (Lipinski definition) is 4. The molecule has 0 saturated carbocycles. The average Bonchev–Trinajstić information content (AvgIpc) is 3.31. The molecule has 3 aromatic rings. The summed E-state index contributed by atoms with van der Waals surface area (Å²) in [6.07, 6.45) is 1.29. The largest absolute Gasteiger partial charge is 0.340 e. The van der Waals surface area contributed by atoms with E-state index in [1.54, 1.807) is 23.5 Å². The Balaban J connectivity index is 1.26. The number of benzene rings is 1. The molecule has 4 rings (SSSR count). The summed E-state index contributed by atoms with van der Waals surface area (Å²) in [5.74, 6) is 0.0221. The smallest absolute Gasteiger partial charge is 0.222 e. The van der Waals surface area contributed by atoms with Crippen LogP contribution in [0, 0.1) is 19.7 Å². The number of carbonyl (C=O) groups excluding carboxylic acids is 1. The fourth-order valence-corrected chi connectivity index (χ4v) is 5.25. The first-order valence-corrected chi connectivity index (χ1v) is 11.6. The number of hydrogen-bond donors (Lipinski definition) is 0. The van der Waals surface area contributed by atoms with Crippen LogP contribution in [0.15, 0.2) is 36.4 Å². The Hall–Kier alpha value is -2.51. The molecular weight excluding hydrogens is 411 g/mol. The molecule has 0 N–H and O–H groups in total. The molecule has 0 bridgehead atoms. The van der Waals surface area contributed by atoms with Gasteiger partial charge in [0.15, 0.2) is 0 Å². The zero-order chi connectivity index (χ0) is 22.0. The van der Waals surface area contributed by atoms with Crippen LogP contribution in [0.4, 0.5) is 4.39 Å². The molecule has 7 heteroatoms. The molecule has 3 heterocycles. The van der Waals surface area contributed by atoms with Crippen LogP contribution >= 0.6 is 11.3 Å². The van der Waals surface area contributed by atoms with Crippen LogP contribution in [0.5, 0.6) is 0 Å². The zero-order valence-electron chi connectivity index (χ0n) is 18.4. The van der Waals surface area contributed by atoms with Gasteiger partial charge >= 0.3 is 0 Å². The third-order valence-corrected chi connectivity index (χ3v) is 7.24. The van der Waals surface area contributed by atoms with Crippen molar-refractivity contribution < 1.29 is 9.18 Å². The summed E-state index contributed by atoms with van der Waals surface area (Å²) >= 11 is 1.71. The minimum Gasteiger partial charge on any atom is -0.340 e. The summed E-state index contributed by atoms with van der Waals surface area (Å²) in [6, 6.07) is 10.9. The number of halogens is 1. The predicted molar refractivity (Wildman–Crippen MR) is 123 cm³/mol. The van der Waals surface area contributed by atoms with Gasteiger partial charge in [0.1, 0.15) is 5.82 Å². The maximum absolute atomic E-state index is 13.5. The molecule has 1 aromatic carbocycles. The molecule has 0 radical (unpaired) electrons. The van der Waals surface area contributed by atoms with Crippen molar-refractivity contribution in [2.75, 3.05) is 26.2 Å². The van der Waals surface area contributed by atoms with Gasteiger partial charge in [-0.2, -0.15) is 5.10 Å². The molecule has 1 aliphatic rings. The summed E-state index contributed by atoms with van der Waals surface area (Å²) in [6.45, 7) is 8.24. The van der Waals surface area contributed by atoms with Crippen molar-refractivity contribution in [3.63, 3.8) is 0 Å². The number of nitrogens with zero attached hydrogens (tertiary/aromatic N) is 4. The maximum atomic E-state index is 13.5. The summed E-state index contributed by atoms with van der Waals surface area (Å²) < 4.78 is 15.4. The highest BCUT2D eigenvalue weighted by molar-refractivity contribution is 7.15. The minimum absolute atomic E-state index is 0.206. The summed E-state index contributed by atoms with van der Waals surface area (Å²) in [5.41, 5.74) is 4.28. The second-order valence-corrected chi connectivity index (χ2v) is 9.37. The average molecular weight is 441 g/mol. The number of aromatic nitrogens is 2. The standard InChI is InChI=1S/C24H29FN4OS/c1-17-22(18(2)27(3)26-17)8-10-24(30)29-13-11-28(12-14-29)16-21-7-9-23(31-21)19-5-4-6-20(25)15-19/h4-7,9,15H,8,10-14,16H2,1-3H3. The van der Waals surface area contributed by atoms with Crippen molar-refractivity contribution in [2.24, 2.45) is 7.05 Å². The van der Waals surface area contributed by atoms with E-state index in [2.05, 4.69) is 29.1 Å². The Morgan fingerprint density at radius 2 is 1.90 bits per heavy atom. The molecule has 1 amide bonds. The van der Waals surface area contributed by atoms with Gasteiger partial charge in [-0.3, -0.25) is 14.4 Å². The topological polar surface area (TPSA) is 41.4 Å². The van der Waals surface area contributed by atoms with Gasteiger partial charge in [-0.25, -0.2) is 4.39 Å². The fourth-order valence-electron chi connectivity index (χ4n) is 4.20. The first-order valence-electron chi connectivity index (χ1n) is 10.7. The second-order valence-electron chi connectivity index (χ2n) is 8.21. The van der Waals surface area contributed by atoms with E-state index in [1.165, 1.54) is 16.5 Å². The maximum Gasteiger partial charge on any atom is 0.222 e. The highest BCUT2D eigenvalue weighted by Crippen LogP contribution is 2.29. The number of aryl methyl sites for hydroxylation is 2. The number of thiophene rings is 1. The van der Waals surface area contributed by atoms with Crippen molar-refractivity contribution in [2.45, 2.75) is 33.2 Å². The molecule has 5 nitrogen and oxygen atoms in total. The zero-order valence-corrected chi connectivity index (χ0v) is 19.2. The van der Waals surface area contributed by atoms with Crippen molar-refractivity contribution >= 4 is 17.2 Å². The molecular formula is C24H29FN4OS. The van der Waals surface area contributed by atoms with Gasteiger partial charge in [0.2, 0.25) is 5.91 Å². The van der Waals surface area contributed by atoms with E-state index in [1.807, 2.05) is 29.6 Å². The van der Waals surface area contributed by atoms with E-state index in [-0.39, 0.29) is 11.7 Å². The first-order chi connectivity index (χ1) is 14.9. The highest BCUT2D eigenvalue weighted by Gasteiger charge is 2.22. The van der Waals surface area contributed by atoms with Crippen LogP contribution < -0.4 is 0 Å². The molecule has 1 aliphatic heterocycles. The van der Waals surface area contributed by atoms with Crippen molar-refractivity contribution in [1.29, 1.82) is 0 Å². The number of amides is 1. The SMILES string of the molecule is Cc1nn(C)c(C)c1CCC(=O)N1CCN(Cc2ccc(-c3cccc(F)c3)s2)CC1. The van der Waals surface area contributed by atoms with Gasteiger partial charge < -0.3 is 4.90 Å². The Labute approximate surface area is 187 Å². The van der Waals surface area contributed by atoms with Crippen LogP contribution in [-0.4, -0.2) is 51.7 Å². The second kappa shape index (κ2) is 9.32. The molecule has 0 spiro atoms. The molecule has 31 heavy (non-hydrogen) atoms. The van der Waals surface area contributed by atoms with Gasteiger partial charge in [-0.15, -0.1) is 11.3 Å². The molecule has 0 aliphatic carbocycles. The summed E-state index contributed by atoms with van der Waals surface area (Å²) in [5, 5.41) is 4.44. The Kier molecular flexibility index (Phi) is 6.53. The molecule has 1 fully saturated rings. The number of rotatable bonds is 6. The predicted octanol–water partition coefficient (Wildman–Crippen LogP) is 4.18. The van der Waals surface area contributed by atoms with Gasteiger partial charge in [0, 0.05) is 61.6 Å². The van der Waals surface area contributed by atoms with E-state index < -0.39 is 0 Å². The van der Waals surface area contributed by atoms with Crippen molar-refractivity contribution in [1.82, 2.24) is 19.6 Å². The lowest BCUT2D eigenvalue weighted by atomic mass is 10.1. The fraction of sp³-hybridized carbons (Fsp3) is 0.417. The Morgan fingerprint density at radius 3 is 2.58 bits per heavy atom. The molecule has 1 saturated heterocycles. The first kappa shape index (κ1) is 21.7. The van der Waals surface area contributed by atoms with Gasteiger partial charge in [-0.05, 0) is 55.7 Å². The molecule has 0 unspecified atom stereocenters. The Bertz CT molecular complexity index is 1070. The van der Waals surface area contributed by atoms with E-state index in [0.717, 1.165) is 61.0 Å². The number of carbonyl (C=O) groups is 1. The third-order valence-electron chi connectivity index (χ3n) is 6.12. The van der Waals surface area contributed by atoms with Gasteiger partial charge in [0.25, 0.3) is 0 Å². The van der Waals surface area contributed by atoms with Crippen molar-refractivity contribution in [3.05, 3.63) is 64.0 Å². The van der Waals surface area contributed by atoms with Gasteiger partial charge in [0.05, 0.1) is 5.69 Å². The summed E-state index contributed by atoms with van der Waals surface area (Å²) in [4.78, 5) is 19.4.